The summed E-state index contributed by atoms with van der Waals surface area (Å²) >= 11 is 0. The molecular weight excluding hydrogens is 342 g/mol. The van der Waals surface area contributed by atoms with Crippen molar-refractivity contribution in [1.82, 2.24) is 0 Å². The minimum atomic E-state index is -0.0724. The number of hydrogen-bond donors (Lipinski definition) is 1. The van der Waals surface area contributed by atoms with E-state index in [4.69, 9.17) is 0 Å². The molecule has 0 spiro atoms. The largest absolute Gasteiger partial charge is 0.378 e. The average molecular weight is 372 g/mol. The Labute approximate surface area is 168 Å². The van der Waals surface area contributed by atoms with Crippen molar-refractivity contribution in [2.24, 2.45) is 0 Å². The Morgan fingerprint density at radius 2 is 1.46 bits per heavy atom. The van der Waals surface area contributed by atoms with E-state index in [0.717, 1.165) is 22.4 Å². The molecule has 0 amide bonds. The highest BCUT2D eigenvalue weighted by atomic mass is 16.1. The summed E-state index contributed by atoms with van der Waals surface area (Å²) in [4.78, 5) is 12.9. The molecule has 2 nitrogen and oxygen atoms in total. The Bertz CT molecular complexity index is 923. The van der Waals surface area contributed by atoms with Gasteiger partial charge in [-0.1, -0.05) is 80.1 Å². The lowest BCUT2D eigenvalue weighted by Gasteiger charge is -2.21. The Kier molecular flexibility index (Phi) is 6.30. The minimum Gasteiger partial charge on any atom is -0.378 e. The van der Waals surface area contributed by atoms with Gasteiger partial charge in [-0.05, 0) is 48.6 Å². The third-order valence-electron chi connectivity index (χ3n) is 5.13. The molecule has 0 saturated carbocycles. The van der Waals surface area contributed by atoms with E-state index in [1.54, 1.807) is 0 Å². The first-order chi connectivity index (χ1) is 13.4. The van der Waals surface area contributed by atoms with Gasteiger partial charge in [0.05, 0.1) is 6.04 Å². The fourth-order valence-corrected chi connectivity index (χ4v) is 3.34. The highest BCUT2D eigenvalue weighted by Crippen LogP contribution is 2.27. The van der Waals surface area contributed by atoms with Crippen molar-refractivity contribution in [3.05, 3.63) is 101 Å². The zero-order valence-electron chi connectivity index (χ0n) is 17.2. The molecule has 0 aromatic heterocycles. The molecule has 1 N–H and O–H groups in total. The van der Waals surface area contributed by atoms with Crippen LogP contribution in [-0.2, 0) is 0 Å². The molecule has 0 aliphatic carbocycles. The second-order valence-corrected chi connectivity index (χ2v) is 7.88. The smallest absolute Gasteiger partial charge is 0.165 e. The number of carbonyl (C=O) groups excluding carboxylic acids is 1. The van der Waals surface area contributed by atoms with Gasteiger partial charge < -0.3 is 5.32 Å². The van der Waals surface area contributed by atoms with Gasteiger partial charge in [0, 0.05) is 17.7 Å². The average Bonchev–Trinajstić information content (AvgIpc) is 2.68. The van der Waals surface area contributed by atoms with Crippen LogP contribution in [0.25, 0.3) is 0 Å². The van der Waals surface area contributed by atoms with Crippen LogP contribution < -0.4 is 5.32 Å². The van der Waals surface area contributed by atoms with Gasteiger partial charge in [0.1, 0.15) is 0 Å². The number of anilines is 1. The molecule has 0 saturated heterocycles. The fourth-order valence-electron chi connectivity index (χ4n) is 3.34. The van der Waals surface area contributed by atoms with Crippen molar-refractivity contribution in [2.75, 3.05) is 5.32 Å². The number of carbonyl (C=O) groups is 1. The van der Waals surface area contributed by atoms with Crippen molar-refractivity contribution < 1.29 is 4.79 Å². The summed E-state index contributed by atoms with van der Waals surface area (Å²) < 4.78 is 0. The highest BCUT2D eigenvalue weighted by molar-refractivity contribution is 5.96. The molecular formula is C26H29NO. The first-order valence-corrected chi connectivity index (χ1v) is 9.95. The normalized spacial score (nSPS) is 12.0. The quantitative estimate of drug-likeness (QED) is 0.460. The van der Waals surface area contributed by atoms with Crippen molar-refractivity contribution in [2.45, 2.75) is 46.1 Å². The molecule has 1 unspecified atom stereocenters. The lowest BCUT2D eigenvalue weighted by atomic mass is 9.94. The molecule has 3 rings (SSSR count). The summed E-state index contributed by atoms with van der Waals surface area (Å²) in [5, 5.41) is 3.58. The second kappa shape index (κ2) is 8.88. The van der Waals surface area contributed by atoms with Crippen molar-refractivity contribution in [3.8, 4) is 0 Å². The first kappa shape index (κ1) is 19.9. The maximum atomic E-state index is 12.9. The number of rotatable bonds is 7. The van der Waals surface area contributed by atoms with Crippen LogP contribution in [0.1, 0.15) is 64.8 Å². The number of benzene rings is 3. The molecule has 0 heterocycles. The van der Waals surface area contributed by atoms with Gasteiger partial charge in [0.15, 0.2) is 5.78 Å². The third kappa shape index (κ3) is 5.10. The van der Waals surface area contributed by atoms with E-state index in [9.17, 15) is 4.79 Å². The van der Waals surface area contributed by atoms with Gasteiger partial charge >= 0.3 is 0 Å². The Morgan fingerprint density at radius 1 is 0.821 bits per heavy atom. The van der Waals surface area contributed by atoms with Crippen LogP contribution in [0.2, 0.25) is 0 Å². The van der Waals surface area contributed by atoms with Crippen molar-refractivity contribution >= 4 is 11.5 Å². The van der Waals surface area contributed by atoms with E-state index in [1.165, 1.54) is 11.1 Å². The lowest BCUT2D eigenvalue weighted by molar-refractivity contribution is 0.0976. The van der Waals surface area contributed by atoms with Crippen LogP contribution in [0.4, 0.5) is 5.69 Å². The molecule has 3 aromatic rings. The number of Topliss-reactive ketones (excluding diaryl/α,β-unsaturated/α-hetero) is 1. The molecule has 1 atom stereocenters. The van der Waals surface area contributed by atoms with Gasteiger partial charge in [-0.3, -0.25) is 4.79 Å². The topological polar surface area (TPSA) is 29.1 Å². The van der Waals surface area contributed by atoms with E-state index < -0.39 is 0 Å². The Balaban J connectivity index is 1.86. The molecule has 0 radical (unpaired) electrons. The van der Waals surface area contributed by atoms with E-state index in [-0.39, 0.29) is 11.8 Å². The molecule has 3 aromatic carbocycles. The zero-order valence-corrected chi connectivity index (χ0v) is 17.2. The minimum absolute atomic E-state index is 0.0724. The van der Waals surface area contributed by atoms with E-state index in [2.05, 4.69) is 68.6 Å². The predicted octanol–water partition coefficient (Wildman–Crippen LogP) is 6.85. The van der Waals surface area contributed by atoms with Crippen molar-refractivity contribution in [3.63, 3.8) is 0 Å². The van der Waals surface area contributed by atoms with Crippen LogP contribution in [0, 0.1) is 13.8 Å². The second-order valence-electron chi connectivity index (χ2n) is 7.88. The van der Waals surface area contributed by atoms with E-state index >= 15 is 0 Å². The van der Waals surface area contributed by atoms with Crippen LogP contribution in [0.5, 0.6) is 0 Å². The number of aryl methyl sites for hydroxylation is 2. The molecule has 28 heavy (non-hydrogen) atoms. The van der Waals surface area contributed by atoms with Crippen molar-refractivity contribution in [1.29, 1.82) is 0 Å². The van der Waals surface area contributed by atoms with Gasteiger partial charge in [0.2, 0.25) is 0 Å². The van der Waals surface area contributed by atoms with Gasteiger partial charge in [-0.15, -0.1) is 0 Å². The third-order valence-corrected chi connectivity index (χ3v) is 5.13. The summed E-state index contributed by atoms with van der Waals surface area (Å²) in [6.07, 6.45) is 0.415. The van der Waals surface area contributed by atoms with Gasteiger partial charge in [-0.2, -0.15) is 0 Å². The highest BCUT2D eigenvalue weighted by Gasteiger charge is 2.18. The van der Waals surface area contributed by atoms with E-state index in [1.807, 2.05) is 37.3 Å². The van der Waals surface area contributed by atoms with Crippen LogP contribution in [-0.4, -0.2) is 5.78 Å². The monoisotopic (exact) mass is 371 g/mol. The molecule has 2 heteroatoms. The molecule has 0 fully saturated rings. The summed E-state index contributed by atoms with van der Waals surface area (Å²) in [6.45, 7) is 8.50. The SMILES string of the molecule is Cc1ccc(C(=O)CC(Nc2cccc(C)c2)c2ccc(C(C)C)cc2)cc1. The maximum Gasteiger partial charge on any atom is 0.165 e. The van der Waals surface area contributed by atoms with Crippen LogP contribution >= 0.6 is 0 Å². The number of hydrogen-bond acceptors (Lipinski definition) is 2. The predicted molar refractivity (Wildman–Crippen MR) is 118 cm³/mol. The Hall–Kier alpha value is -2.87. The van der Waals surface area contributed by atoms with Crippen LogP contribution in [0.15, 0.2) is 72.8 Å². The first-order valence-electron chi connectivity index (χ1n) is 9.95. The zero-order chi connectivity index (χ0) is 20.1. The molecule has 0 bridgehead atoms. The molecule has 0 aliphatic heterocycles. The van der Waals surface area contributed by atoms with Crippen LogP contribution in [0.3, 0.4) is 0 Å². The summed E-state index contributed by atoms with van der Waals surface area (Å²) in [7, 11) is 0. The molecule has 0 aliphatic rings. The van der Waals surface area contributed by atoms with Gasteiger partial charge in [0.25, 0.3) is 0 Å². The summed E-state index contributed by atoms with van der Waals surface area (Å²) in [6, 6.07) is 24.7. The standard InChI is InChI=1S/C26H29NO/c1-18(2)21-12-14-22(15-13-21)25(27-24-7-5-6-20(4)16-24)17-26(28)23-10-8-19(3)9-11-23/h5-16,18,25,27H,17H2,1-4H3. The van der Waals surface area contributed by atoms with Gasteiger partial charge in [-0.25, -0.2) is 0 Å². The number of nitrogens with one attached hydrogen (secondary N) is 1. The maximum absolute atomic E-state index is 12.9. The van der Waals surface area contributed by atoms with E-state index in [0.29, 0.717) is 12.3 Å². The number of ketones is 1. The Morgan fingerprint density at radius 3 is 2.07 bits per heavy atom. The fraction of sp³-hybridized carbons (Fsp3) is 0.269. The molecule has 144 valence electrons. The summed E-state index contributed by atoms with van der Waals surface area (Å²) in [5.41, 5.74) is 6.60. The lowest BCUT2D eigenvalue weighted by Crippen LogP contribution is -2.16. The summed E-state index contributed by atoms with van der Waals surface area (Å²) in [5.74, 6) is 0.643.